The van der Waals surface area contributed by atoms with Gasteiger partial charge in [0.1, 0.15) is 11.7 Å². The molecule has 1 aliphatic heterocycles. The van der Waals surface area contributed by atoms with E-state index in [9.17, 15) is 22.8 Å². The van der Waals surface area contributed by atoms with Gasteiger partial charge in [0, 0.05) is 40.6 Å². The van der Waals surface area contributed by atoms with E-state index in [2.05, 4.69) is 25.9 Å². The molecule has 2 aromatic carbocycles. The lowest BCUT2D eigenvalue weighted by Crippen LogP contribution is -2.29. The maximum absolute atomic E-state index is 13.0. The van der Waals surface area contributed by atoms with Gasteiger partial charge in [-0.3, -0.25) is 9.59 Å². The van der Waals surface area contributed by atoms with Gasteiger partial charge in [0.05, 0.1) is 11.3 Å². The summed E-state index contributed by atoms with van der Waals surface area (Å²) in [6, 6.07) is 14.6. The van der Waals surface area contributed by atoms with E-state index in [0.29, 0.717) is 24.3 Å². The molecule has 35 heavy (non-hydrogen) atoms. The molecule has 0 unspecified atom stereocenters. The second-order valence-corrected chi connectivity index (χ2v) is 8.21. The van der Waals surface area contributed by atoms with Crippen LogP contribution in [0.5, 0.6) is 0 Å². The maximum atomic E-state index is 13.0. The highest BCUT2D eigenvalue weighted by molar-refractivity contribution is 6.04. The predicted molar refractivity (Wildman–Crippen MR) is 126 cm³/mol. The topological polar surface area (TPSA) is 98.9 Å². The van der Waals surface area contributed by atoms with Crippen LogP contribution in [-0.2, 0) is 11.0 Å². The molecule has 0 bridgehead atoms. The Balaban J connectivity index is 1.47. The number of hydrogen-bond acceptors (Lipinski definition) is 4. The Labute approximate surface area is 197 Å². The smallest absolute Gasteiger partial charge is 0.374 e. The molecule has 5 rings (SSSR count). The summed E-state index contributed by atoms with van der Waals surface area (Å²) < 4.78 is 38.5. The van der Waals surface area contributed by atoms with Crippen LogP contribution in [0, 0.1) is 0 Å². The fourth-order valence-electron chi connectivity index (χ4n) is 3.96. The normalized spacial score (nSPS) is 15.7. The van der Waals surface area contributed by atoms with Crippen LogP contribution in [0.15, 0.2) is 66.9 Å². The number of anilines is 2. The number of H-pyrrole nitrogens is 1. The van der Waals surface area contributed by atoms with Crippen molar-refractivity contribution in [2.75, 3.05) is 17.2 Å². The monoisotopic (exact) mass is 479 g/mol. The number of alkyl halides is 3. The van der Waals surface area contributed by atoms with Crippen molar-refractivity contribution in [2.45, 2.75) is 18.6 Å². The van der Waals surface area contributed by atoms with Gasteiger partial charge in [0.25, 0.3) is 5.91 Å². The summed E-state index contributed by atoms with van der Waals surface area (Å²) in [6.45, 7) is 0.555. The molecular weight excluding hydrogens is 459 g/mol. The minimum absolute atomic E-state index is 0.0532. The molecule has 10 heteroatoms. The van der Waals surface area contributed by atoms with Gasteiger partial charge in [0.15, 0.2) is 0 Å². The lowest BCUT2D eigenvalue weighted by molar-refractivity contribution is -0.137. The summed E-state index contributed by atoms with van der Waals surface area (Å²) in [7, 11) is 0. The third-order valence-electron chi connectivity index (χ3n) is 5.77. The molecule has 1 aliphatic rings. The van der Waals surface area contributed by atoms with E-state index in [1.165, 1.54) is 18.2 Å². The molecule has 7 nitrogen and oxygen atoms in total. The molecule has 1 saturated heterocycles. The second-order valence-electron chi connectivity index (χ2n) is 8.21. The fraction of sp³-hybridized carbons (Fsp3) is 0.160. The highest BCUT2D eigenvalue weighted by atomic mass is 19.4. The Morgan fingerprint density at radius 1 is 1.00 bits per heavy atom. The van der Waals surface area contributed by atoms with Crippen molar-refractivity contribution in [3.8, 4) is 11.3 Å². The number of fused-ring (bicyclic) bond motifs is 1. The van der Waals surface area contributed by atoms with Crippen LogP contribution >= 0.6 is 0 Å². The quantitative estimate of drug-likeness (QED) is 0.330. The molecule has 2 aromatic heterocycles. The van der Waals surface area contributed by atoms with Gasteiger partial charge in [-0.05, 0) is 61.0 Å². The van der Waals surface area contributed by atoms with Crippen LogP contribution in [0.25, 0.3) is 22.2 Å². The van der Waals surface area contributed by atoms with Crippen molar-refractivity contribution < 1.29 is 22.8 Å². The molecule has 2 amide bonds. The number of carbonyl (C=O) groups excluding carboxylic acids is 2. The van der Waals surface area contributed by atoms with Crippen LogP contribution in [0.1, 0.15) is 22.5 Å². The summed E-state index contributed by atoms with van der Waals surface area (Å²) in [6.07, 6.45) is -2.05. The van der Waals surface area contributed by atoms with Gasteiger partial charge in [-0.1, -0.05) is 6.07 Å². The zero-order valence-corrected chi connectivity index (χ0v) is 18.2. The van der Waals surface area contributed by atoms with Gasteiger partial charge in [0.2, 0.25) is 5.91 Å². The predicted octanol–water partition coefficient (Wildman–Crippen LogP) is 4.80. The van der Waals surface area contributed by atoms with Crippen molar-refractivity contribution >= 4 is 34.1 Å². The average Bonchev–Trinajstić information content (AvgIpc) is 3.47. The highest BCUT2D eigenvalue weighted by Gasteiger charge is 2.30. The lowest BCUT2D eigenvalue weighted by atomic mass is 10.1. The number of nitrogens with zero attached hydrogens (tertiary/aromatic N) is 1. The van der Waals surface area contributed by atoms with Crippen LogP contribution in [-0.4, -0.2) is 34.4 Å². The Bertz CT molecular complexity index is 1410. The summed E-state index contributed by atoms with van der Waals surface area (Å²) in [4.78, 5) is 32.7. The van der Waals surface area contributed by atoms with E-state index < -0.39 is 23.7 Å². The fourth-order valence-corrected chi connectivity index (χ4v) is 3.96. The molecular formula is C25H20F3N5O2. The summed E-state index contributed by atoms with van der Waals surface area (Å²) in [5.41, 5.74) is 2.20. The third-order valence-corrected chi connectivity index (χ3v) is 5.77. The number of hydrogen-bond donors (Lipinski definition) is 4. The third kappa shape index (κ3) is 4.81. The standard InChI is InChI=1S/C25H20F3N5O2/c26-25(27,28)16-2-4-17(5-3-16)32-24(35)22-13-18(31-20-8-10-30-23(20)34)12-21(33-22)14-1-6-19-15(11-14)7-9-29-19/h1-7,9,11-13,20,29H,8,10H2,(H,30,34)(H,31,33)(H,32,35)/t20-/m0/s1. The first-order valence-corrected chi connectivity index (χ1v) is 10.9. The molecule has 4 N–H and O–H groups in total. The molecule has 178 valence electrons. The zero-order chi connectivity index (χ0) is 24.6. The van der Waals surface area contributed by atoms with E-state index in [4.69, 9.17) is 0 Å². The van der Waals surface area contributed by atoms with Crippen LogP contribution < -0.4 is 16.0 Å². The Morgan fingerprint density at radius 2 is 1.80 bits per heavy atom. The Kier molecular flexibility index (Phi) is 5.64. The first-order chi connectivity index (χ1) is 16.8. The van der Waals surface area contributed by atoms with Gasteiger partial charge >= 0.3 is 6.18 Å². The van der Waals surface area contributed by atoms with Crippen molar-refractivity contribution in [3.63, 3.8) is 0 Å². The van der Waals surface area contributed by atoms with Crippen molar-refractivity contribution in [3.05, 3.63) is 78.1 Å². The lowest BCUT2D eigenvalue weighted by Gasteiger charge is -2.15. The van der Waals surface area contributed by atoms with E-state index in [0.717, 1.165) is 28.6 Å². The van der Waals surface area contributed by atoms with Gasteiger partial charge in [-0.25, -0.2) is 4.98 Å². The molecule has 3 heterocycles. The molecule has 0 spiro atoms. The SMILES string of the molecule is O=C(Nc1ccc(C(F)(F)F)cc1)c1cc(N[C@H]2CCNC2=O)cc(-c2ccc3[nH]ccc3c2)n1. The highest BCUT2D eigenvalue weighted by Crippen LogP contribution is 2.30. The first-order valence-electron chi connectivity index (χ1n) is 10.9. The molecule has 4 aromatic rings. The maximum Gasteiger partial charge on any atom is 0.416 e. The molecule has 0 radical (unpaired) electrons. The van der Waals surface area contributed by atoms with Crippen molar-refractivity contribution in [1.29, 1.82) is 0 Å². The van der Waals surface area contributed by atoms with Crippen LogP contribution in [0.3, 0.4) is 0 Å². The van der Waals surface area contributed by atoms with Gasteiger partial charge in [-0.15, -0.1) is 0 Å². The number of aromatic nitrogens is 2. The zero-order valence-electron chi connectivity index (χ0n) is 18.2. The van der Waals surface area contributed by atoms with E-state index in [-0.39, 0.29) is 17.3 Å². The van der Waals surface area contributed by atoms with E-state index in [1.807, 2.05) is 30.5 Å². The number of halogens is 3. The van der Waals surface area contributed by atoms with E-state index >= 15 is 0 Å². The Morgan fingerprint density at radius 3 is 2.51 bits per heavy atom. The second kappa shape index (κ2) is 8.79. The number of pyridine rings is 1. The summed E-state index contributed by atoms with van der Waals surface area (Å²) in [5, 5.41) is 9.47. The first kappa shape index (κ1) is 22.5. The molecule has 1 atom stereocenters. The van der Waals surface area contributed by atoms with Crippen LogP contribution in [0.2, 0.25) is 0 Å². The number of rotatable bonds is 5. The minimum Gasteiger partial charge on any atom is -0.374 e. The van der Waals surface area contributed by atoms with Crippen LogP contribution in [0.4, 0.5) is 24.5 Å². The molecule has 0 saturated carbocycles. The van der Waals surface area contributed by atoms with Gasteiger partial charge < -0.3 is 20.9 Å². The number of benzene rings is 2. The molecule has 1 fully saturated rings. The van der Waals surface area contributed by atoms with E-state index in [1.54, 1.807) is 6.07 Å². The van der Waals surface area contributed by atoms with Crippen molar-refractivity contribution in [1.82, 2.24) is 15.3 Å². The number of amides is 2. The minimum atomic E-state index is -4.47. The summed E-state index contributed by atoms with van der Waals surface area (Å²) >= 11 is 0. The van der Waals surface area contributed by atoms with Crippen molar-refractivity contribution in [2.24, 2.45) is 0 Å². The number of aromatic amines is 1. The summed E-state index contributed by atoms with van der Waals surface area (Å²) in [5.74, 6) is -0.721. The Hall–Kier alpha value is -4.34. The van der Waals surface area contributed by atoms with Gasteiger partial charge in [-0.2, -0.15) is 13.2 Å². The number of nitrogens with one attached hydrogen (secondary N) is 4. The largest absolute Gasteiger partial charge is 0.416 e. The molecule has 0 aliphatic carbocycles. The average molecular weight is 479 g/mol. The number of carbonyl (C=O) groups is 2.